The Labute approximate surface area is 116 Å². The van der Waals surface area contributed by atoms with E-state index in [4.69, 9.17) is 15.7 Å². The summed E-state index contributed by atoms with van der Waals surface area (Å²) in [7, 11) is 0. The lowest BCUT2D eigenvalue weighted by Gasteiger charge is -2.15. The van der Waals surface area contributed by atoms with Crippen LogP contribution in [0, 0.1) is 11.3 Å². The highest BCUT2D eigenvalue weighted by Crippen LogP contribution is 2.22. The predicted molar refractivity (Wildman–Crippen MR) is 72.9 cm³/mol. The molecule has 0 saturated heterocycles. The standard InChI is InChI=1S/C14H15N5O/c15-8-10-7-11(16)4-5-12(10)20-9-14-18-17-13-3-1-2-6-19(13)14/h4-5,7H,1-3,6,9,16H2. The molecule has 20 heavy (non-hydrogen) atoms. The Morgan fingerprint density at radius 1 is 1.35 bits per heavy atom. The number of fused-ring (bicyclic) bond motifs is 1. The Balaban J connectivity index is 1.77. The van der Waals surface area contributed by atoms with Crippen molar-refractivity contribution in [3.63, 3.8) is 0 Å². The molecule has 1 aromatic carbocycles. The summed E-state index contributed by atoms with van der Waals surface area (Å²) in [5.74, 6) is 2.35. The zero-order valence-corrected chi connectivity index (χ0v) is 11.0. The maximum Gasteiger partial charge on any atom is 0.171 e. The van der Waals surface area contributed by atoms with Gasteiger partial charge in [-0.1, -0.05) is 0 Å². The minimum atomic E-state index is 0.311. The molecule has 102 valence electrons. The molecule has 0 atom stereocenters. The van der Waals surface area contributed by atoms with Crippen molar-refractivity contribution in [2.75, 3.05) is 5.73 Å². The molecule has 0 amide bonds. The van der Waals surface area contributed by atoms with Crippen molar-refractivity contribution in [2.45, 2.75) is 32.4 Å². The van der Waals surface area contributed by atoms with E-state index in [0.29, 0.717) is 23.6 Å². The number of hydrogen-bond acceptors (Lipinski definition) is 5. The van der Waals surface area contributed by atoms with E-state index in [9.17, 15) is 0 Å². The number of nitrogen functional groups attached to an aromatic ring is 1. The van der Waals surface area contributed by atoms with Crippen LogP contribution in [0.4, 0.5) is 5.69 Å². The van der Waals surface area contributed by atoms with Crippen molar-refractivity contribution < 1.29 is 4.74 Å². The van der Waals surface area contributed by atoms with Gasteiger partial charge in [0.05, 0.1) is 5.56 Å². The number of nitrogens with two attached hydrogens (primary N) is 1. The molecule has 0 saturated carbocycles. The zero-order valence-electron chi connectivity index (χ0n) is 11.0. The fourth-order valence-corrected chi connectivity index (χ4v) is 2.38. The molecule has 2 aromatic rings. The second-order valence-electron chi connectivity index (χ2n) is 4.80. The van der Waals surface area contributed by atoms with Crippen LogP contribution in [0.25, 0.3) is 0 Å². The molecule has 1 aliphatic rings. The third kappa shape index (κ3) is 2.30. The number of nitriles is 1. The van der Waals surface area contributed by atoms with Crippen molar-refractivity contribution >= 4 is 5.69 Å². The van der Waals surface area contributed by atoms with Crippen LogP contribution in [0.15, 0.2) is 18.2 Å². The number of anilines is 1. The van der Waals surface area contributed by atoms with Gasteiger partial charge in [-0.25, -0.2) is 0 Å². The van der Waals surface area contributed by atoms with Gasteiger partial charge < -0.3 is 15.0 Å². The van der Waals surface area contributed by atoms with Gasteiger partial charge in [0, 0.05) is 18.7 Å². The molecule has 0 bridgehead atoms. The number of rotatable bonds is 3. The van der Waals surface area contributed by atoms with E-state index in [1.165, 1.54) is 0 Å². The summed E-state index contributed by atoms with van der Waals surface area (Å²) in [6.07, 6.45) is 3.28. The molecule has 3 rings (SSSR count). The number of ether oxygens (including phenoxy) is 1. The van der Waals surface area contributed by atoms with Crippen LogP contribution in [0.2, 0.25) is 0 Å². The van der Waals surface area contributed by atoms with Crippen LogP contribution >= 0.6 is 0 Å². The van der Waals surface area contributed by atoms with Gasteiger partial charge in [0.15, 0.2) is 5.82 Å². The lowest BCUT2D eigenvalue weighted by Crippen LogP contribution is -2.14. The summed E-state index contributed by atoms with van der Waals surface area (Å²) in [5.41, 5.74) is 6.64. The molecule has 6 nitrogen and oxygen atoms in total. The van der Waals surface area contributed by atoms with E-state index in [1.807, 2.05) is 0 Å². The van der Waals surface area contributed by atoms with Gasteiger partial charge in [0.25, 0.3) is 0 Å². The van der Waals surface area contributed by atoms with Gasteiger partial charge >= 0.3 is 0 Å². The Kier molecular flexibility index (Phi) is 3.25. The average molecular weight is 269 g/mol. The molecule has 0 fully saturated rings. The Hall–Kier alpha value is -2.55. The van der Waals surface area contributed by atoms with Gasteiger partial charge in [-0.05, 0) is 31.0 Å². The first-order valence-electron chi connectivity index (χ1n) is 6.61. The highest BCUT2D eigenvalue weighted by molar-refractivity contribution is 5.53. The Morgan fingerprint density at radius 3 is 3.10 bits per heavy atom. The Bertz CT molecular complexity index is 671. The molecule has 0 radical (unpaired) electrons. The summed E-state index contributed by atoms with van der Waals surface area (Å²) >= 11 is 0. The summed E-state index contributed by atoms with van der Waals surface area (Å²) in [5, 5.41) is 17.4. The number of nitrogens with zero attached hydrogens (tertiary/aromatic N) is 4. The number of aromatic nitrogens is 3. The van der Waals surface area contributed by atoms with Crippen molar-refractivity contribution in [1.82, 2.24) is 14.8 Å². The Morgan fingerprint density at radius 2 is 2.25 bits per heavy atom. The monoisotopic (exact) mass is 269 g/mol. The summed E-state index contributed by atoms with van der Waals surface area (Å²) in [6, 6.07) is 7.11. The molecule has 0 spiro atoms. The lowest BCUT2D eigenvalue weighted by molar-refractivity contribution is 0.285. The van der Waals surface area contributed by atoms with E-state index >= 15 is 0 Å². The smallest absolute Gasteiger partial charge is 0.171 e. The van der Waals surface area contributed by atoms with E-state index in [0.717, 1.165) is 37.5 Å². The van der Waals surface area contributed by atoms with E-state index in [2.05, 4.69) is 20.8 Å². The number of hydrogen-bond donors (Lipinski definition) is 1. The van der Waals surface area contributed by atoms with Crippen molar-refractivity contribution in [3.8, 4) is 11.8 Å². The van der Waals surface area contributed by atoms with Crippen LogP contribution in [0.1, 0.15) is 30.1 Å². The molecular weight excluding hydrogens is 254 g/mol. The molecule has 1 aromatic heterocycles. The summed E-state index contributed by atoms with van der Waals surface area (Å²) in [4.78, 5) is 0. The molecule has 6 heteroatoms. The maximum atomic E-state index is 9.07. The van der Waals surface area contributed by atoms with Crippen LogP contribution in [-0.2, 0) is 19.6 Å². The normalized spacial score (nSPS) is 13.6. The number of aryl methyl sites for hydroxylation is 1. The zero-order chi connectivity index (χ0) is 13.9. The maximum absolute atomic E-state index is 9.07. The van der Waals surface area contributed by atoms with Crippen LogP contribution in [0.3, 0.4) is 0 Å². The van der Waals surface area contributed by atoms with Gasteiger partial charge in [-0.3, -0.25) is 0 Å². The molecule has 2 N–H and O–H groups in total. The lowest BCUT2D eigenvalue weighted by atomic mass is 10.2. The average Bonchev–Trinajstić information content (AvgIpc) is 2.89. The topological polar surface area (TPSA) is 89.8 Å². The third-order valence-corrected chi connectivity index (χ3v) is 3.42. The van der Waals surface area contributed by atoms with Gasteiger partial charge in [-0.2, -0.15) is 5.26 Å². The van der Waals surface area contributed by atoms with Crippen LogP contribution < -0.4 is 10.5 Å². The second-order valence-corrected chi connectivity index (χ2v) is 4.80. The van der Waals surface area contributed by atoms with Gasteiger partial charge in [0.2, 0.25) is 0 Å². The van der Waals surface area contributed by atoms with Crippen molar-refractivity contribution in [3.05, 3.63) is 35.4 Å². The third-order valence-electron chi connectivity index (χ3n) is 3.42. The molecular formula is C14H15N5O. The second kappa shape index (κ2) is 5.21. The minimum Gasteiger partial charge on any atom is -0.484 e. The SMILES string of the molecule is N#Cc1cc(N)ccc1OCc1nnc2n1CCCC2. The molecule has 0 unspecified atom stereocenters. The molecule has 1 aliphatic heterocycles. The summed E-state index contributed by atoms with van der Waals surface area (Å²) in [6.45, 7) is 1.25. The first-order valence-corrected chi connectivity index (χ1v) is 6.61. The van der Waals surface area contributed by atoms with Gasteiger partial charge in [-0.15, -0.1) is 10.2 Å². The van der Waals surface area contributed by atoms with Crippen molar-refractivity contribution in [2.24, 2.45) is 0 Å². The first kappa shape index (κ1) is 12.5. The molecule has 2 heterocycles. The quantitative estimate of drug-likeness (QED) is 0.855. The minimum absolute atomic E-state index is 0.311. The van der Waals surface area contributed by atoms with Crippen molar-refractivity contribution in [1.29, 1.82) is 5.26 Å². The highest BCUT2D eigenvalue weighted by Gasteiger charge is 2.16. The fraction of sp³-hybridized carbons (Fsp3) is 0.357. The van der Waals surface area contributed by atoms with E-state index in [1.54, 1.807) is 18.2 Å². The number of benzene rings is 1. The van der Waals surface area contributed by atoms with Gasteiger partial charge in [0.1, 0.15) is 24.3 Å². The van der Waals surface area contributed by atoms with Crippen LogP contribution in [-0.4, -0.2) is 14.8 Å². The summed E-state index contributed by atoms with van der Waals surface area (Å²) < 4.78 is 7.80. The predicted octanol–water partition coefficient (Wildman–Crippen LogP) is 1.65. The van der Waals surface area contributed by atoms with E-state index < -0.39 is 0 Å². The fourth-order valence-electron chi connectivity index (χ4n) is 2.38. The highest BCUT2D eigenvalue weighted by atomic mass is 16.5. The van der Waals surface area contributed by atoms with Crippen LogP contribution in [0.5, 0.6) is 5.75 Å². The largest absolute Gasteiger partial charge is 0.484 e. The van der Waals surface area contributed by atoms with E-state index in [-0.39, 0.29) is 0 Å². The molecule has 0 aliphatic carbocycles. The first-order chi connectivity index (χ1) is 9.78.